The third kappa shape index (κ3) is 3.52. The van der Waals surface area contributed by atoms with E-state index in [0.717, 1.165) is 14.9 Å². The first-order valence-corrected chi connectivity index (χ1v) is 6.37. The average Bonchev–Trinajstić information content (AvgIpc) is 2.18. The SMILES string of the molecule is CSc1ccc(Br)cc1CC(N)C(=O)O. The van der Waals surface area contributed by atoms with Crippen molar-refractivity contribution in [1.82, 2.24) is 0 Å². The molecule has 0 saturated heterocycles. The summed E-state index contributed by atoms with van der Waals surface area (Å²) in [5, 5.41) is 8.73. The Morgan fingerprint density at radius 1 is 1.67 bits per heavy atom. The van der Waals surface area contributed by atoms with E-state index in [1.54, 1.807) is 11.8 Å². The Labute approximate surface area is 101 Å². The highest BCUT2D eigenvalue weighted by Gasteiger charge is 2.14. The van der Waals surface area contributed by atoms with Crippen LogP contribution in [0.1, 0.15) is 5.56 Å². The smallest absolute Gasteiger partial charge is 0.320 e. The minimum atomic E-state index is -0.970. The van der Waals surface area contributed by atoms with Gasteiger partial charge in [-0.3, -0.25) is 4.79 Å². The van der Waals surface area contributed by atoms with Crippen molar-refractivity contribution in [2.75, 3.05) is 6.26 Å². The zero-order valence-corrected chi connectivity index (χ0v) is 10.6. The number of carboxylic acid groups (broad SMARTS) is 1. The molecule has 1 aromatic rings. The van der Waals surface area contributed by atoms with E-state index in [4.69, 9.17) is 10.8 Å². The van der Waals surface area contributed by atoms with Gasteiger partial charge in [-0.1, -0.05) is 15.9 Å². The standard InChI is InChI=1S/C10H12BrNO2S/c1-15-9-3-2-7(11)4-6(9)5-8(12)10(13)14/h2-4,8H,5,12H2,1H3,(H,13,14). The van der Waals surface area contributed by atoms with Crippen molar-refractivity contribution < 1.29 is 9.90 Å². The second-order valence-electron chi connectivity index (χ2n) is 3.11. The Morgan fingerprint density at radius 2 is 2.33 bits per heavy atom. The van der Waals surface area contributed by atoms with E-state index >= 15 is 0 Å². The lowest BCUT2D eigenvalue weighted by Gasteiger charge is -2.10. The van der Waals surface area contributed by atoms with E-state index in [0.29, 0.717) is 6.42 Å². The van der Waals surface area contributed by atoms with Crippen molar-refractivity contribution >= 4 is 33.7 Å². The number of hydrogen-bond acceptors (Lipinski definition) is 3. The number of hydrogen-bond donors (Lipinski definition) is 2. The van der Waals surface area contributed by atoms with Gasteiger partial charge < -0.3 is 10.8 Å². The quantitative estimate of drug-likeness (QED) is 0.834. The summed E-state index contributed by atoms with van der Waals surface area (Å²) in [6.07, 6.45) is 2.31. The Balaban J connectivity index is 2.91. The molecule has 0 heterocycles. The van der Waals surface area contributed by atoms with Gasteiger partial charge in [0.2, 0.25) is 0 Å². The fourth-order valence-electron chi connectivity index (χ4n) is 1.23. The maximum Gasteiger partial charge on any atom is 0.320 e. The summed E-state index contributed by atoms with van der Waals surface area (Å²) in [5.74, 6) is -0.970. The third-order valence-corrected chi connectivity index (χ3v) is 3.33. The molecule has 1 aromatic carbocycles. The molecule has 1 rings (SSSR count). The topological polar surface area (TPSA) is 63.3 Å². The van der Waals surface area contributed by atoms with Crippen molar-refractivity contribution in [2.45, 2.75) is 17.4 Å². The summed E-state index contributed by atoms with van der Waals surface area (Å²) in [6, 6.07) is 4.96. The van der Waals surface area contributed by atoms with Gasteiger partial charge in [0.1, 0.15) is 6.04 Å². The molecule has 5 heteroatoms. The highest BCUT2D eigenvalue weighted by atomic mass is 79.9. The maximum absolute atomic E-state index is 10.6. The van der Waals surface area contributed by atoms with E-state index in [1.165, 1.54) is 0 Å². The summed E-state index contributed by atoms with van der Waals surface area (Å²) >= 11 is 4.94. The summed E-state index contributed by atoms with van der Waals surface area (Å²) < 4.78 is 0.938. The number of nitrogens with two attached hydrogens (primary N) is 1. The molecule has 0 spiro atoms. The van der Waals surface area contributed by atoms with Crippen LogP contribution in [0.2, 0.25) is 0 Å². The van der Waals surface area contributed by atoms with Gasteiger partial charge in [-0.15, -0.1) is 11.8 Å². The number of aliphatic carboxylic acids is 1. The van der Waals surface area contributed by atoms with Crippen LogP contribution < -0.4 is 5.73 Å². The largest absolute Gasteiger partial charge is 0.480 e. The molecule has 82 valence electrons. The van der Waals surface area contributed by atoms with Crippen molar-refractivity contribution in [1.29, 1.82) is 0 Å². The number of carbonyl (C=O) groups is 1. The van der Waals surface area contributed by atoms with Crippen LogP contribution in [0.4, 0.5) is 0 Å². The van der Waals surface area contributed by atoms with Crippen LogP contribution in [0.25, 0.3) is 0 Å². The summed E-state index contributed by atoms with van der Waals surface area (Å²) in [4.78, 5) is 11.7. The summed E-state index contributed by atoms with van der Waals surface area (Å²) in [7, 11) is 0. The lowest BCUT2D eigenvalue weighted by molar-refractivity contribution is -0.138. The molecule has 0 amide bonds. The molecule has 1 atom stereocenters. The van der Waals surface area contributed by atoms with Crippen molar-refractivity contribution in [3.8, 4) is 0 Å². The van der Waals surface area contributed by atoms with Gasteiger partial charge in [0, 0.05) is 9.37 Å². The van der Waals surface area contributed by atoms with Crippen molar-refractivity contribution in [3.05, 3.63) is 28.2 Å². The fraction of sp³-hybridized carbons (Fsp3) is 0.300. The van der Waals surface area contributed by atoms with Gasteiger partial charge in [-0.05, 0) is 36.4 Å². The Bertz CT molecular complexity index is 370. The first kappa shape index (κ1) is 12.5. The van der Waals surface area contributed by atoms with E-state index in [1.807, 2.05) is 24.5 Å². The molecule has 0 aliphatic carbocycles. The molecule has 0 aliphatic rings. The fourth-order valence-corrected chi connectivity index (χ4v) is 2.25. The Hall–Kier alpha value is -0.520. The molecular weight excluding hydrogens is 278 g/mol. The van der Waals surface area contributed by atoms with Crippen molar-refractivity contribution in [2.24, 2.45) is 5.73 Å². The molecule has 0 bridgehead atoms. The van der Waals surface area contributed by atoms with Gasteiger partial charge >= 0.3 is 5.97 Å². The van der Waals surface area contributed by atoms with E-state index in [2.05, 4.69) is 15.9 Å². The molecule has 0 fully saturated rings. The highest BCUT2D eigenvalue weighted by molar-refractivity contribution is 9.10. The molecule has 0 aliphatic heterocycles. The molecule has 0 radical (unpaired) electrons. The second kappa shape index (κ2) is 5.53. The number of thioether (sulfide) groups is 1. The van der Waals surface area contributed by atoms with Crippen LogP contribution >= 0.6 is 27.7 Å². The Kier molecular flexibility index (Phi) is 4.63. The maximum atomic E-state index is 10.6. The van der Waals surface area contributed by atoms with Crippen LogP contribution in [-0.4, -0.2) is 23.4 Å². The molecule has 1 unspecified atom stereocenters. The van der Waals surface area contributed by atoms with Crippen LogP contribution in [-0.2, 0) is 11.2 Å². The lowest BCUT2D eigenvalue weighted by Crippen LogP contribution is -2.32. The average molecular weight is 290 g/mol. The number of benzene rings is 1. The number of carboxylic acids is 1. The van der Waals surface area contributed by atoms with E-state index in [-0.39, 0.29) is 0 Å². The summed E-state index contributed by atoms with van der Waals surface area (Å²) in [5.41, 5.74) is 6.46. The van der Waals surface area contributed by atoms with Crippen LogP contribution in [0, 0.1) is 0 Å². The van der Waals surface area contributed by atoms with Crippen LogP contribution in [0.5, 0.6) is 0 Å². The molecule has 0 aromatic heterocycles. The minimum Gasteiger partial charge on any atom is -0.480 e. The zero-order valence-electron chi connectivity index (χ0n) is 8.24. The number of halogens is 1. The number of rotatable bonds is 4. The predicted molar refractivity (Wildman–Crippen MR) is 65.2 cm³/mol. The van der Waals surface area contributed by atoms with Crippen LogP contribution in [0.15, 0.2) is 27.6 Å². The van der Waals surface area contributed by atoms with Crippen molar-refractivity contribution in [3.63, 3.8) is 0 Å². The lowest BCUT2D eigenvalue weighted by atomic mass is 10.1. The van der Waals surface area contributed by atoms with Gasteiger partial charge in [-0.2, -0.15) is 0 Å². The normalized spacial score (nSPS) is 12.5. The first-order valence-electron chi connectivity index (χ1n) is 4.35. The van der Waals surface area contributed by atoms with Gasteiger partial charge in [0.15, 0.2) is 0 Å². The summed E-state index contributed by atoms with van der Waals surface area (Å²) in [6.45, 7) is 0. The van der Waals surface area contributed by atoms with Gasteiger partial charge in [0.25, 0.3) is 0 Å². The van der Waals surface area contributed by atoms with Crippen LogP contribution in [0.3, 0.4) is 0 Å². The van der Waals surface area contributed by atoms with Gasteiger partial charge in [0.05, 0.1) is 0 Å². The molecular formula is C10H12BrNO2S. The predicted octanol–water partition coefficient (Wildman–Crippen LogP) is 2.13. The second-order valence-corrected chi connectivity index (χ2v) is 4.87. The minimum absolute atomic E-state index is 0.352. The molecule has 3 N–H and O–H groups in total. The molecule has 0 saturated carbocycles. The zero-order chi connectivity index (χ0) is 11.4. The Morgan fingerprint density at radius 3 is 2.87 bits per heavy atom. The third-order valence-electron chi connectivity index (χ3n) is 2.00. The van der Waals surface area contributed by atoms with E-state index in [9.17, 15) is 4.79 Å². The molecule has 15 heavy (non-hydrogen) atoms. The highest BCUT2D eigenvalue weighted by Crippen LogP contribution is 2.25. The monoisotopic (exact) mass is 289 g/mol. The first-order chi connectivity index (χ1) is 7.04. The van der Waals surface area contributed by atoms with E-state index < -0.39 is 12.0 Å². The van der Waals surface area contributed by atoms with Gasteiger partial charge in [-0.25, -0.2) is 0 Å². The molecule has 3 nitrogen and oxygen atoms in total.